The van der Waals surface area contributed by atoms with Gasteiger partial charge in [0.15, 0.2) is 0 Å². The number of carbonyl (C=O) groups excluding carboxylic acids is 3. The van der Waals surface area contributed by atoms with Crippen LogP contribution in [0, 0.1) is 10.1 Å². The lowest BCUT2D eigenvalue weighted by molar-refractivity contribution is -0.384. The lowest BCUT2D eigenvalue weighted by Gasteiger charge is -2.26. The minimum atomic E-state index is -0.897. The molecule has 0 aromatic heterocycles. The number of nitrogens with one attached hydrogen (secondary N) is 1. The van der Waals surface area contributed by atoms with E-state index in [1.54, 1.807) is 48.5 Å². The molecule has 1 fully saturated rings. The molecule has 234 valence electrons. The smallest absolute Gasteiger partial charge is 0.335 e. The molecule has 47 heavy (non-hydrogen) atoms. The number of nitro benzene ring substituents is 1. The van der Waals surface area contributed by atoms with Crippen molar-refractivity contribution in [3.8, 4) is 11.5 Å². The molecule has 1 N–H and O–H groups in total. The number of rotatable bonds is 9. The van der Waals surface area contributed by atoms with E-state index in [2.05, 4.69) is 5.32 Å². The fraction of sp³-hybridized carbons (Fsp3) is 0.0571. The summed E-state index contributed by atoms with van der Waals surface area (Å²) in [7, 11) is 0. The summed E-state index contributed by atoms with van der Waals surface area (Å²) >= 11 is 12.2. The number of anilines is 1. The van der Waals surface area contributed by atoms with Crippen molar-refractivity contribution < 1.29 is 28.8 Å². The van der Waals surface area contributed by atoms with Crippen molar-refractivity contribution >= 4 is 69.3 Å². The third kappa shape index (κ3) is 6.79. The van der Waals surface area contributed by atoms with Gasteiger partial charge in [0, 0.05) is 33.3 Å². The van der Waals surface area contributed by atoms with Crippen molar-refractivity contribution in [2.75, 3.05) is 4.90 Å². The molecule has 5 aromatic rings. The van der Waals surface area contributed by atoms with Gasteiger partial charge in [-0.3, -0.25) is 25.0 Å². The van der Waals surface area contributed by atoms with Gasteiger partial charge in [0.25, 0.3) is 17.5 Å². The lowest BCUT2D eigenvalue weighted by atomic mass is 9.99. The molecule has 10 nitrogen and oxygen atoms in total. The number of non-ortho nitro benzene ring substituents is 1. The van der Waals surface area contributed by atoms with Crippen LogP contribution in [0.4, 0.5) is 16.2 Å². The van der Waals surface area contributed by atoms with Crippen LogP contribution in [0.1, 0.15) is 16.7 Å². The number of carbonyl (C=O) groups is 3. The number of benzene rings is 5. The van der Waals surface area contributed by atoms with Crippen LogP contribution in [0.3, 0.4) is 0 Å². The molecule has 12 heteroatoms. The minimum absolute atomic E-state index is 0.0455. The standard InChI is InChI=1S/C35H23Cl2N3O7/c36-24-9-7-23(31(37)17-24)20-46-27-14-12-25(13-15-27)39-34(42)30(33(41)38-35(39)43)18-29-28-4-2-1-3-22(28)8-16-32(29)47-19-21-5-10-26(11-6-21)40(44)45/h1-18H,19-20H2,(H,38,41,43)/b30-18+. The second kappa shape index (κ2) is 13.3. The number of amides is 4. The number of hydrogen-bond acceptors (Lipinski definition) is 7. The maximum absolute atomic E-state index is 13.7. The van der Waals surface area contributed by atoms with Crippen LogP contribution >= 0.6 is 23.2 Å². The van der Waals surface area contributed by atoms with Crippen molar-refractivity contribution in [3.63, 3.8) is 0 Å². The molecule has 1 saturated heterocycles. The molecule has 1 heterocycles. The molecule has 0 bridgehead atoms. The zero-order valence-electron chi connectivity index (χ0n) is 24.3. The first-order chi connectivity index (χ1) is 22.7. The normalized spacial score (nSPS) is 14.0. The molecule has 1 aliphatic heterocycles. The van der Waals surface area contributed by atoms with E-state index in [-0.39, 0.29) is 30.2 Å². The predicted molar refractivity (Wildman–Crippen MR) is 178 cm³/mol. The van der Waals surface area contributed by atoms with E-state index in [4.69, 9.17) is 32.7 Å². The SMILES string of the molecule is O=C1NC(=O)N(c2ccc(OCc3ccc(Cl)cc3Cl)cc2)C(=O)/C1=C/c1c(OCc2ccc([N+](=O)[O-])cc2)ccc2ccccc12. The van der Waals surface area contributed by atoms with Gasteiger partial charge in [0.2, 0.25) is 0 Å². The van der Waals surface area contributed by atoms with E-state index in [1.165, 1.54) is 30.3 Å². The fourth-order valence-electron chi connectivity index (χ4n) is 4.95. The quantitative estimate of drug-likeness (QED) is 0.0733. The second-order valence-electron chi connectivity index (χ2n) is 10.4. The third-order valence-electron chi connectivity index (χ3n) is 7.37. The highest BCUT2D eigenvalue weighted by atomic mass is 35.5. The van der Waals surface area contributed by atoms with Crippen LogP contribution in [-0.4, -0.2) is 22.8 Å². The summed E-state index contributed by atoms with van der Waals surface area (Å²) in [4.78, 5) is 51.1. The van der Waals surface area contributed by atoms with Gasteiger partial charge in [0.1, 0.15) is 30.3 Å². The monoisotopic (exact) mass is 667 g/mol. The highest BCUT2D eigenvalue weighted by molar-refractivity contribution is 6.39. The molecule has 0 atom stereocenters. The Morgan fingerprint density at radius 3 is 2.30 bits per heavy atom. The van der Waals surface area contributed by atoms with E-state index in [0.29, 0.717) is 38.1 Å². The first kappa shape index (κ1) is 31.3. The van der Waals surface area contributed by atoms with Crippen LogP contribution in [0.2, 0.25) is 10.0 Å². The summed E-state index contributed by atoms with van der Waals surface area (Å²) in [6, 6.07) is 27.3. The predicted octanol–water partition coefficient (Wildman–Crippen LogP) is 7.88. The molecule has 0 unspecified atom stereocenters. The maximum atomic E-state index is 13.7. The van der Waals surface area contributed by atoms with Crippen molar-refractivity contribution in [3.05, 3.63) is 146 Å². The number of imide groups is 2. The fourth-order valence-corrected chi connectivity index (χ4v) is 5.42. The van der Waals surface area contributed by atoms with E-state index in [0.717, 1.165) is 15.8 Å². The Kier molecular flexibility index (Phi) is 8.88. The van der Waals surface area contributed by atoms with Gasteiger partial charge in [-0.2, -0.15) is 0 Å². The Labute approximate surface area is 277 Å². The summed E-state index contributed by atoms with van der Waals surface area (Å²) in [6.45, 7) is 0.232. The number of ether oxygens (including phenoxy) is 2. The van der Waals surface area contributed by atoms with Crippen LogP contribution in [-0.2, 0) is 22.8 Å². The Bertz CT molecular complexity index is 2080. The Balaban J connectivity index is 1.27. The molecule has 0 radical (unpaired) electrons. The molecule has 1 aliphatic rings. The topological polar surface area (TPSA) is 128 Å². The largest absolute Gasteiger partial charge is 0.489 e. The van der Waals surface area contributed by atoms with E-state index in [9.17, 15) is 24.5 Å². The molecule has 0 spiro atoms. The van der Waals surface area contributed by atoms with Gasteiger partial charge < -0.3 is 9.47 Å². The summed E-state index contributed by atoms with van der Waals surface area (Å²) in [5.41, 5.74) is 1.74. The Morgan fingerprint density at radius 1 is 0.830 bits per heavy atom. The summed E-state index contributed by atoms with van der Waals surface area (Å²) in [5, 5.41) is 15.8. The number of urea groups is 1. The van der Waals surface area contributed by atoms with Gasteiger partial charge in [-0.1, -0.05) is 59.6 Å². The Hall–Kier alpha value is -5.71. The van der Waals surface area contributed by atoms with Crippen LogP contribution < -0.4 is 19.7 Å². The average Bonchev–Trinajstić information content (AvgIpc) is 3.06. The van der Waals surface area contributed by atoms with Crippen LogP contribution in [0.5, 0.6) is 11.5 Å². The number of barbiturate groups is 1. The Morgan fingerprint density at radius 2 is 1.57 bits per heavy atom. The molecular weight excluding hydrogens is 645 g/mol. The molecule has 0 aliphatic carbocycles. The zero-order chi connectivity index (χ0) is 33.1. The summed E-state index contributed by atoms with van der Waals surface area (Å²) in [6.07, 6.45) is 1.40. The molecule has 6 rings (SSSR count). The lowest BCUT2D eigenvalue weighted by Crippen LogP contribution is -2.54. The summed E-state index contributed by atoms with van der Waals surface area (Å²) in [5.74, 6) is -0.858. The van der Waals surface area contributed by atoms with Crippen molar-refractivity contribution in [2.24, 2.45) is 0 Å². The number of halogens is 2. The molecule has 5 aromatic carbocycles. The molecule has 0 saturated carbocycles. The minimum Gasteiger partial charge on any atom is -0.489 e. The number of nitrogens with zero attached hydrogens (tertiary/aromatic N) is 2. The highest BCUT2D eigenvalue weighted by Crippen LogP contribution is 2.33. The van der Waals surface area contributed by atoms with Crippen molar-refractivity contribution in [1.29, 1.82) is 0 Å². The number of nitro groups is 1. The van der Waals surface area contributed by atoms with E-state index >= 15 is 0 Å². The first-order valence-electron chi connectivity index (χ1n) is 14.1. The van der Waals surface area contributed by atoms with E-state index < -0.39 is 22.8 Å². The van der Waals surface area contributed by atoms with Gasteiger partial charge in [-0.25, -0.2) is 9.69 Å². The number of hydrogen-bond donors (Lipinski definition) is 1. The van der Waals surface area contributed by atoms with Crippen molar-refractivity contribution in [2.45, 2.75) is 13.2 Å². The zero-order valence-corrected chi connectivity index (χ0v) is 25.8. The van der Waals surface area contributed by atoms with E-state index in [1.807, 2.05) is 30.3 Å². The second-order valence-corrected chi connectivity index (χ2v) is 11.2. The van der Waals surface area contributed by atoms with Gasteiger partial charge in [-0.15, -0.1) is 0 Å². The first-order valence-corrected chi connectivity index (χ1v) is 14.9. The van der Waals surface area contributed by atoms with Gasteiger partial charge in [0.05, 0.1) is 10.6 Å². The van der Waals surface area contributed by atoms with Gasteiger partial charge in [-0.05, 0) is 77.0 Å². The van der Waals surface area contributed by atoms with Crippen LogP contribution in [0.25, 0.3) is 16.8 Å². The van der Waals surface area contributed by atoms with Crippen molar-refractivity contribution in [1.82, 2.24) is 5.32 Å². The van der Waals surface area contributed by atoms with Crippen LogP contribution in [0.15, 0.2) is 109 Å². The molecular formula is C35H23Cl2N3O7. The maximum Gasteiger partial charge on any atom is 0.335 e. The molecule has 4 amide bonds. The third-order valence-corrected chi connectivity index (χ3v) is 7.95. The highest BCUT2D eigenvalue weighted by Gasteiger charge is 2.37. The summed E-state index contributed by atoms with van der Waals surface area (Å²) < 4.78 is 11.9. The van der Waals surface area contributed by atoms with Gasteiger partial charge >= 0.3 is 6.03 Å². The number of fused-ring (bicyclic) bond motifs is 1. The average molecular weight is 668 g/mol.